The third kappa shape index (κ3) is 1.91. The largest absolute Gasteiger partial charge is 0.445 e. The molecule has 3 rings (SSSR count). The number of benzene rings is 1. The minimum absolute atomic E-state index is 0.388. The van der Waals surface area contributed by atoms with Crippen molar-refractivity contribution in [3.63, 3.8) is 0 Å². The van der Waals surface area contributed by atoms with Crippen molar-refractivity contribution in [2.24, 2.45) is 0 Å². The molecule has 0 aliphatic rings. The van der Waals surface area contributed by atoms with Crippen molar-refractivity contribution in [2.75, 3.05) is 11.5 Å². The Labute approximate surface area is 109 Å². The summed E-state index contributed by atoms with van der Waals surface area (Å²) in [5, 5.41) is 0. The van der Waals surface area contributed by atoms with Crippen LogP contribution >= 0.6 is 0 Å². The van der Waals surface area contributed by atoms with Gasteiger partial charge in [-0.3, -0.25) is 0 Å². The fourth-order valence-corrected chi connectivity index (χ4v) is 2.03. The zero-order chi connectivity index (χ0) is 13.2. The van der Waals surface area contributed by atoms with Crippen LogP contribution in [-0.4, -0.2) is 9.97 Å². The fraction of sp³-hybridized carbons (Fsp3) is 0. The van der Waals surface area contributed by atoms with Crippen LogP contribution in [-0.2, 0) is 0 Å². The Morgan fingerprint density at radius 3 is 2.37 bits per heavy atom. The lowest BCUT2D eigenvalue weighted by molar-refractivity contribution is 0.575. The van der Waals surface area contributed by atoms with Gasteiger partial charge in [0.25, 0.3) is 0 Å². The average molecular weight is 252 g/mol. The minimum atomic E-state index is 0.388. The number of nitrogen functional groups attached to an aromatic ring is 2. The molecule has 0 aliphatic heterocycles. The van der Waals surface area contributed by atoms with E-state index in [1.807, 2.05) is 24.3 Å². The molecule has 0 saturated carbocycles. The topological polar surface area (TPSA) is 91.0 Å². The zero-order valence-electron chi connectivity index (χ0n) is 10.1. The quantitative estimate of drug-likeness (QED) is 0.731. The van der Waals surface area contributed by atoms with Gasteiger partial charge in [-0.05, 0) is 12.1 Å². The van der Waals surface area contributed by atoms with Crippen LogP contribution in [0.4, 0.5) is 11.5 Å². The molecule has 2 aromatic heterocycles. The maximum atomic E-state index is 6.00. The second-order valence-electron chi connectivity index (χ2n) is 4.04. The maximum absolute atomic E-state index is 6.00. The van der Waals surface area contributed by atoms with Crippen LogP contribution in [0.15, 0.2) is 53.4 Å². The first-order chi connectivity index (χ1) is 9.27. The van der Waals surface area contributed by atoms with Crippen LogP contribution in [0.1, 0.15) is 0 Å². The van der Waals surface area contributed by atoms with E-state index in [2.05, 4.69) is 9.97 Å². The van der Waals surface area contributed by atoms with E-state index in [4.69, 9.17) is 15.9 Å². The molecule has 0 bridgehead atoms. The molecule has 0 saturated heterocycles. The standard InChI is InChI=1S/C14H12N4O/c15-11-5-6-17-13(16)12(11)9-3-1-2-4-10(9)14-18-7-8-19-14/h1-8H,(H4,15,16,17). The molecule has 5 nitrogen and oxygen atoms in total. The summed E-state index contributed by atoms with van der Waals surface area (Å²) >= 11 is 0. The van der Waals surface area contributed by atoms with E-state index in [1.54, 1.807) is 18.5 Å². The zero-order valence-corrected chi connectivity index (χ0v) is 10.1. The number of nitrogens with zero attached hydrogens (tertiary/aromatic N) is 2. The van der Waals surface area contributed by atoms with Crippen molar-refractivity contribution in [3.8, 4) is 22.6 Å². The van der Waals surface area contributed by atoms with E-state index in [-0.39, 0.29) is 0 Å². The first-order valence-electron chi connectivity index (χ1n) is 5.76. The Bertz CT molecular complexity index is 687. The van der Waals surface area contributed by atoms with Gasteiger partial charge in [-0.15, -0.1) is 0 Å². The molecule has 0 unspecified atom stereocenters. The van der Waals surface area contributed by atoms with Crippen LogP contribution in [0.5, 0.6) is 0 Å². The summed E-state index contributed by atoms with van der Waals surface area (Å²) in [6.07, 6.45) is 4.71. The van der Waals surface area contributed by atoms with E-state index >= 15 is 0 Å². The third-order valence-corrected chi connectivity index (χ3v) is 2.87. The molecule has 5 heteroatoms. The summed E-state index contributed by atoms with van der Waals surface area (Å²) in [7, 11) is 0. The number of rotatable bonds is 2. The highest BCUT2D eigenvalue weighted by molar-refractivity contribution is 5.91. The van der Waals surface area contributed by atoms with Gasteiger partial charge in [0.15, 0.2) is 0 Å². The van der Waals surface area contributed by atoms with Gasteiger partial charge in [0, 0.05) is 28.6 Å². The number of hydrogen-bond acceptors (Lipinski definition) is 5. The summed E-state index contributed by atoms with van der Waals surface area (Å²) in [4.78, 5) is 8.25. The highest BCUT2D eigenvalue weighted by atomic mass is 16.3. The summed E-state index contributed by atoms with van der Waals surface area (Å²) in [6, 6.07) is 9.37. The van der Waals surface area contributed by atoms with Crippen LogP contribution in [0.3, 0.4) is 0 Å². The van der Waals surface area contributed by atoms with Gasteiger partial charge in [-0.25, -0.2) is 9.97 Å². The number of aromatic nitrogens is 2. The molecule has 94 valence electrons. The van der Waals surface area contributed by atoms with E-state index < -0.39 is 0 Å². The van der Waals surface area contributed by atoms with Crippen molar-refractivity contribution in [1.82, 2.24) is 9.97 Å². The molecule has 0 radical (unpaired) electrons. The number of oxazole rings is 1. The number of hydrogen-bond donors (Lipinski definition) is 2. The van der Waals surface area contributed by atoms with E-state index in [0.717, 1.165) is 11.1 Å². The Balaban J connectivity index is 2.27. The Hall–Kier alpha value is -2.82. The van der Waals surface area contributed by atoms with Gasteiger partial charge < -0.3 is 15.9 Å². The normalized spacial score (nSPS) is 10.5. The van der Waals surface area contributed by atoms with Gasteiger partial charge in [0.05, 0.1) is 6.20 Å². The smallest absolute Gasteiger partial charge is 0.226 e. The van der Waals surface area contributed by atoms with Gasteiger partial charge in [0.1, 0.15) is 12.1 Å². The van der Waals surface area contributed by atoms with Crippen LogP contribution in [0.25, 0.3) is 22.6 Å². The lowest BCUT2D eigenvalue weighted by atomic mass is 9.99. The van der Waals surface area contributed by atoms with Crippen LogP contribution < -0.4 is 11.5 Å². The summed E-state index contributed by atoms with van der Waals surface area (Å²) < 4.78 is 5.35. The van der Waals surface area contributed by atoms with E-state index in [0.29, 0.717) is 23.0 Å². The molecule has 2 heterocycles. The van der Waals surface area contributed by atoms with Gasteiger partial charge in [0.2, 0.25) is 5.89 Å². The molecule has 1 aromatic carbocycles. The van der Waals surface area contributed by atoms with Gasteiger partial charge in [-0.1, -0.05) is 18.2 Å². The lowest BCUT2D eigenvalue weighted by Crippen LogP contribution is -1.99. The predicted octanol–water partition coefficient (Wildman–Crippen LogP) is 2.57. The van der Waals surface area contributed by atoms with Crippen LogP contribution in [0, 0.1) is 0 Å². The van der Waals surface area contributed by atoms with Crippen molar-refractivity contribution in [1.29, 1.82) is 0 Å². The molecule has 0 atom stereocenters. The molecule has 19 heavy (non-hydrogen) atoms. The van der Waals surface area contributed by atoms with Crippen molar-refractivity contribution >= 4 is 11.5 Å². The van der Waals surface area contributed by atoms with Gasteiger partial charge >= 0.3 is 0 Å². The average Bonchev–Trinajstić information content (AvgIpc) is 2.93. The molecule has 4 N–H and O–H groups in total. The number of anilines is 2. The number of pyridine rings is 1. The Kier molecular flexibility index (Phi) is 2.64. The van der Waals surface area contributed by atoms with E-state index in [9.17, 15) is 0 Å². The molecule has 3 aromatic rings. The highest BCUT2D eigenvalue weighted by Crippen LogP contribution is 2.36. The predicted molar refractivity (Wildman–Crippen MR) is 74.0 cm³/mol. The summed E-state index contributed by atoms with van der Waals surface area (Å²) in [6.45, 7) is 0. The monoisotopic (exact) mass is 252 g/mol. The molecular formula is C14H12N4O. The van der Waals surface area contributed by atoms with Crippen LogP contribution in [0.2, 0.25) is 0 Å². The van der Waals surface area contributed by atoms with Crippen molar-refractivity contribution in [3.05, 3.63) is 49.0 Å². The summed E-state index contributed by atoms with van der Waals surface area (Å²) in [5.41, 5.74) is 14.9. The third-order valence-electron chi connectivity index (χ3n) is 2.87. The molecule has 0 fully saturated rings. The van der Waals surface area contributed by atoms with Crippen molar-refractivity contribution < 1.29 is 4.42 Å². The fourth-order valence-electron chi connectivity index (χ4n) is 2.03. The van der Waals surface area contributed by atoms with E-state index in [1.165, 1.54) is 6.26 Å². The molecular weight excluding hydrogens is 240 g/mol. The molecule has 0 spiro atoms. The van der Waals surface area contributed by atoms with Gasteiger partial charge in [-0.2, -0.15) is 0 Å². The number of nitrogens with two attached hydrogens (primary N) is 2. The minimum Gasteiger partial charge on any atom is -0.445 e. The molecule has 0 amide bonds. The lowest BCUT2D eigenvalue weighted by Gasteiger charge is -2.11. The highest BCUT2D eigenvalue weighted by Gasteiger charge is 2.15. The summed E-state index contributed by atoms with van der Waals surface area (Å²) in [5.74, 6) is 0.914. The Morgan fingerprint density at radius 2 is 1.68 bits per heavy atom. The Morgan fingerprint density at radius 1 is 0.895 bits per heavy atom. The first kappa shape index (κ1) is 11.3. The first-order valence-corrected chi connectivity index (χ1v) is 5.76. The molecule has 0 aliphatic carbocycles. The van der Waals surface area contributed by atoms with Crippen molar-refractivity contribution in [2.45, 2.75) is 0 Å². The second kappa shape index (κ2) is 4.45. The SMILES string of the molecule is Nc1ccnc(N)c1-c1ccccc1-c1ncco1. The maximum Gasteiger partial charge on any atom is 0.226 e. The second-order valence-corrected chi connectivity index (χ2v) is 4.04.